The molecule has 0 saturated carbocycles. The molecule has 0 saturated heterocycles. The molecule has 1 rings (SSSR count). The second kappa shape index (κ2) is 5.06. The number of aryl methyl sites for hydroxylation is 1. The van der Waals surface area contributed by atoms with E-state index < -0.39 is 0 Å². The predicted octanol–water partition coefficient (Wildman–Crippen LogP) is 3.36. The first-order valence-corrected chi connectivity index (χ1v) is 5.56. The predicted molar refractivity (Wildman–Crippen MR) is 62.7 cm³/mol. The minimum Gasteiger partial charge on any atom is -0.507 e. The summed E-state index contributed by atoms with van der Waals surface area (Å²) in [7, 11) is 0. The van der Waals surface area contributed by atoms with Crippen LogP contribution in [-0.4, -0.2) is 11.7 Å². The zero-order chi connectivity index (χ0) is 11.4. The first kappa shape index (κ1) is 11.9. The fraction of sp³-hybridized carbons (Fsp3) is 0.538. The van der Waals surface area contributed by atoms with Crippen LogP contribution in [-0.2, 0) is 6.42 Å². The Hall–Kier alpha value is -1.18. The third-order valence-electron chi connectivity index (χ3n) is 2.64. The quantitative estimate of drug-likeness (QED) is 0.822. The molecule has 0 aliphatic carbocycles. The normalized spacial score (nSPS) is 10.4. The van der Waals surface area contributed by atoms with Crippen molar-refractivity contribution in [3.05, 3.63) is 22.8 Å². The van der Waals surface area contributed by atoms with Crippen molar-refractivity contribution < 1.29 is 9.84 Å². The van der Waals surface area contributed by atoms with Crippen molar-refractivity contribution in [2.24, 2.45) is 0 Å². The molecule has 0 aliphatic rings. The standard InChI is InChI=1S/C13H20O2/c1-5-7-15-12-8-9(3)13(14)11(6-2)10(12)4/h8,14H,5-7H2,1-4H3. The summed E-state index contributed by atoms with van der Waals surface area (Å²) < 4.78 is 5.65. The van der Waals surface area contributed by atoms with Gasteiger partial charge in [0, 0.05) is 5.56 Å². The molecule has 1 N–H and O–H groups in total. The summed E-state index contributed by atoms with van der Waals surface area (Å²) in [5, 5.41) is 9.87. The monoisotopic (exact) mass is 208 g/mol. The Labute approximate surface area is 91.9 Å². The summed E-state index contributed by atoms with van der Waals surface area (Å²) in [6.07, 6.45) is 1.84. The molecule has 0 amide bonds. The van der Waals surface area contributed by atoms with Crippen molar-refractivity contribution in [2.75, 3.05) is 6.61 Å². The Bertz CT molecular complexity index is 343. The van der Waals surface area contributed by atoms with Crippen LogP contribution >= 0.6 is 0 Å². The first-order chi connectivity index (χ1) is 7.11. The first-order valence-electron chi connectivity index (χ1n) is 5.56. The van der Waals surface area contributed by atoms with Gasteiger partial charge in [0.25, 0.3) is 0 Å². The Morgan fingerprint density at radius 1 is 1.27 bits per heavy atom. The van der Waals surface area contributed by atoms with Gasteiger partial charge in [-0.05, 0) is 43.9 Å². The van der Waals surface area contributed by atoms with Crippen molar-refractivity contribution in [1.82, 2.24) is 0 Å². The van der Waals surface area contributed by atoms with Crippen molar-refractivity contribution in [1.29, 1.82) is 0 Å². The van der Waals surface area contributed by atoms with Crippen LogP contribution in [0.1, 0.15) is 37.0 Å². The smallest absolute Gasteiger partial charge is 0.123 e. The molecule has 84 valence electrons. The van der Waals surface area contributed by atoms with E-state index in [0.29, 0.717) is 5.75 Å². The maximum Gasteiger partial charge on any atom is 0.123 e. The maximum atomic E-state index is 9.87. The molecule has 1 aromatic carbocycles. The largest absolute Gasteiger partial charge is 0.507 e. The van der Waals surface area contributed by atoms with E-state index in [1.54, 1.807) is 0 Å². The average Bonchev–Trinajstić information content (AvgIpc) is 2.22. The van der Waals surface area contributed by atoms with Gasteiger partial charge in [-0.2, -0.15) is 0 Å². The van der Waals surface area contributed by atoms with Crippen LogP contribution in [0.15, 0.2) is 6.07 Å². The molecular weight excluding hydrogens is 188 g/mol. The van der Waals surface area contributed by atoms with Gasteiger partial charge in [-0.15, -0.1) is 0 Å². The number of rotatable bonds is 4. The van der Waals surface area contributed by atoms with Crippen LogP contribution in [0.3, 0.4) is 0 Å². The van der Waals surface area contributed by atoms with Crippen LogP contribution in [0.4, 0.5) is 0 Å². The number of hydrogen-bond acceptors (Lipinski definition) is 2. The number of phenolic OH excluding ortho intramolecular Hbond substituents is 1. The lowest BCUT2D eigenvalue weighted by Gasteiger charge is -2.15. The van der Waals surface area contributed by atoms with E-state index in [1.807, 2.05) is 26.8 Å². The summed E-state index contributed by atoms with van der Waals surface area (Å²) in [6.45, 7) is 8.78. The van der Waals surface area contributed by atoms with Gasteiger partial charge >= 0.3 is 0 Å². The summed E-state index contributed by atoms with van der Waals surface area (Å²) in [5.41, 5.74) is 2.96. The molecule has 0 unspecified atom stereocenters. The van der Waals surface area contributed by atoms with Crippen LogP contribution < -0.4 is 4.74 Å². The highest BCUT2D eigenvalue weighted by Crippen LogP contribution is 2.33. The van der Waals surface area contributed by atoms with Gasteiger partial charge in [0.2, 0.25) is 0 Å². The van der Waals surface area contributed by atoms with Crippen LogP contribution in [0.5, 0.6) is 11.5 Å². The van der Waals surface area contributed by atoms with Crippen LogP contribution in [0.25, 0.3) is 0 Å². The number of hydrogen-bond donors (Lipinski definition) is 1. The second-order valence-corrected chi connectivity index (χ2v) is 3.85. The van der Waals surface area contributed by atoms with E-state index in [2.05, 4.69) is 6.92 Å². The summed E-state index contributed by atoms with van der Waals surface area (Å²) >= 11 is 0. The second-order valence-electron chi connectivity index (χ2n) is 3.85. The molecule has 0 aromatic heterocycles. The maximum absolute atomic E-state index is 9.87. The molecule has 0 spiro atoms. The highest BCUT2D eigenvalue weighted by Gasteiger charge is 2.11. The highest BCUT2D eigenvalue weighted by atomic mass is 16.5. The molecule has 0 fully saturated rings. The molecular formula is C13H20O2. The van der Waals surface area contributed by atoms with Gasteiger partial charge in [0.15, 0.2) is 0 Å². The van der Waals surface area contributed by atoms with Gasteiger partial charge < -0.3 is 9.84 Å². The van der Waals surface area contributed by atoms with Crippen LogP contribution in [0, 0.1) is 13.8 Å². The van der Waals surface area contributed by atoms with E-state index >= 15 is 0 Å². The fourth-order valence-electron chi connectivity index (χ4n) is 1.73. The van der Waals surface area contributed by atoms with E-state index in [1.165, 1.54) is 0 Å². The SMILES string of the molecule is CCCOc1cc(C)c(O)c(CC)c1C. The topological polar surface area (TPSA) is 29.5 Å². The number of benzene rings is 1. The summed E-state index contributed by atoms with van der Waals surface area (Å²) in [6, 6.07) is 1.92. The Kier molecular flexibility index (Phi) is 4.01. The molecule has 0 radical (unpaired) electrons. The van der Waals surface area contributed by atoms with Crippen molar-refractivity contribution in [3.63, 3.8) is 0 Å². The highest BCUT2D eigenvalue weighted by molar-refractivity contribution is 5.51. The molecule has 0 heterocycles. The van der Waals surface area contributed by atoms with Crippen molar-refractivity contribution in [2.45, 2.75) is 40.5 Å². The lowest BCUT2D eigenvalue weighted by Crippen LogP contribution is -2.00. The Morgan fingerprint density at radius 3 is 2.47 bits per heavy atom. The molecule has 0 aliphatic heterocycles. The Morgan fingerprint density at radius 2 is 1.93 bits per heavy atom. The van der Waals surface area contributed by atoms with E-state index in [9.17, 15) is 5.11 Å². The molecule has 2 nitrogen and oxygen atoms in total. The molecule has 0 atom stereocenters. The van der Waals surface area contributed by atoms with Gasteiger partial charge in [-0.3, -0.25) is 0 Å². The fourth-order valence-corrected chi connectivity index (χ4v) is 1.73. The van der Waals surface area contributed by atoms with E-state index in [0.717, 1.165) is 41.9 Å². The summed E-state index contributed by atoms with van der Waals surface area (Å²) in [4.78, 5) is 0. The Balaban J connectivity index is 3.12. The molecule has 15 heavy (non-hydrogen) atoms. The third-order valence-corrected chi connectivity index (χ3v) is 2.64. The zero-order valence-corrected chi connectivity index (χ0v) is 10.1. The van der Waals surface area contributed by atoms with Crippen LogP contribution in [0.2, 0.25) is 0 Å². The molecule has 1 aromatic rings. The van der Waals surface area contributed by atoms with E-state index in [4.69, 9.17) is 4.74 Å². The van der Waals surface area contributed by atoms with Gasteiger partial charge in [-0.1, -0.05) is 13.8 Å². The minimum absolute atomic E-state index is 0.416. The lowest BCUT2D eigenvalue weighted by molar-refractivity contribution is 0.314. The lowest BCUT2D eigenvalue weighted by atomic mass is 10.0. The van der Waals surface area contributed by atoms with Crippen molar-refractivity contribution in [3.8, 4) is 11.5 Å². The van der Waals surface area contributed by atoms with Gasteiger partial charge in [0.1, 0.15) is 11.5 Å². The number of aromatic hydroxyl groups is 1. The minimum atomic E-state index is 0.416. The molecule has 2 heteroatoms. The molecule has 0 bridgehead atoms. The van der Waals surface area contributed by atoms with Crippen molar-refractivity contribution >= 4 is 0 Å². The van der Waals surface area contributed by atoms with Gasteiger partial charge in [0.05, 0.1) is 6.61 Å². The number of ether oxygens (including phenoxy) is 1. The number of phenols is 1. The average molecular weight is 208 g/mol. The van der Waals surface area contributed by atoms with E-state index in [-0.39, 0.29) is 0 Å². The third kappa shape index (κ3) is 2.44. The van der Waals surface area contributed by atoms with Gasteiger partial charge in [-0.25, -0.2) is 0 Å². The zero-order valence-electron chi connectivity index (χ0n) is 10.1. The summed E-state index contributed by atoms with van der Waals surface area (Å²) in [5.74, 6) is 1.32.